The van der Waals surface area contributed by atoms with Crippen LogP contribution in [0.4, 0.5) is 5.95 Å². The molecular formula is C12H12N4O2. The summed E-state index contributed by atoms with van der Waals surface area (Å²) in [5.74, 6) is -0.772. The number of hydrogen-bond acceptors (Lipinski definition) is 5. The summed E-state index contributed by atoms with van der Waals surface area (Å²) in [6.45, 7) is 2.48. The molecule has 0 bridgehead atoms. The smallest absolute Gasteiger partial charge is 0.354 e. The number of nitrogens with zero attached hydrogens (tertiary/aromatic N) is 3. The molecular weight excluding hydrogens is 232 g/mol. The summed E-state index contributed by atoms with van der Waals surface area (Å²) in [6.07, 6.45) is 4.89. The predicted octanol–water partition coefficient (Wildman–Crippen LogP) is 1.49. The van der Waals surface area contributed by atoms with Crippen LogP contribution in [0.3, 0.4) is 0 Å². The van der Waals surface area contributed by atoms with Gasteiger partial charge in [0.05, 0.1) is 0 Å². The van der Waals surface area contributed by atoms with Gasteiger partial charge in [0, 0.05) is 25.1 Å². The van der Waals surface area contributed by atoms with Crippen LogP contribution < -0.4 is 5.32 Å². The average Bonchev–Trinajstić information content (AvgIpc) is 2.38. The van der Waals surface area contributed by atoms with Crippen molar-refractivity contribution in [3.63, 3.8) is 0 Å². The molecule has 0 aliphatic carbocycles. The summed E-state index contributed by atoms with van der Waals surface area (Å²) < 4.78 is 0. The lowest BCUT2D eigenvalue weighted by molar-refractivity contribution is 0.0690. The highest BCUT2D eigenvalue weighted by Gasteiger charge is 2.06. The molecule has 2 heterocycles. The Balaban J connectivity index is 2.09. The number of aromatic carboxylic acids is 1. The maximum Gasteiger partial charge on any atom is 0.354 e. The number of carboxylic acid groups (broad SMARTS) is 1. The van der Waals surface area contributed by atoms with Crippen molar-refractivity contribution < 1.29 is 9.90 Å². The van der Waals surface area contributed by atoms with Crippen LogP contribution in [0.5, 0.6) is 0 Å². The zero-order valence-electron chi connectivity index (χ0n) is 9.79. The summed E-state index contributed by atoms with van der Waals surface area (Å²) in [6, 6.07) is 3.24. The molecule has 0 fully saturated rings. The number of nitrogens with one attached hydrogen (secondary N) is 1. The number of anilines is 1. The van der Waals surface area contributed by atoms with Crippen molar-refractivity contribution in [2.75, 3.05) is 5.32 Å². The summed E-state index contributed by atoms with van der Waals surface area (Å²) in [7, 11) is 0. The van der Waals surface area contributed by atoms with Crippen LogP contribution in [0.15, 0.2) is 30.7 Å². The maximum absolute atomic E-state index is 10.8. The lowest BCUT2D eigenvalue weighted by Gasteiger charge is -2.07. The third-order valence-electron chi connectivity index (χ3n) is 2.45. The van der Waals surface area contributed by atoms with Gasteiger partial charge in [0.15, 0.2) is 5.69 Å². The predicted molar refractivity (Wildman–Crippen MR) is 65.3 cm³/mol. The van der Waals surface area contributed by atoms with Crippen LogP contribution in [0.1, 0.15) is 21.6 Å². The standard InChI is InChI=1S/C12H12N4O2/c1-8-6-13-4-2-9(8)7-15-12-14-5-3-10(16-12)11(17)18/h2-6H,7H2,1H3,(H,17,18)(H,14,15,16). The first-order valence-corrected chi connectivity index (χ1v) is 5.36. The highest BCUT2D eigenvalue weighted by Crippen LogP contribution is 2.08. The van der Waals surface area contributed by atoms with Gasteiger partial charge in [-0.25, -0.2) is 14.8 Å². The third-order valence-corrected chi connectivity index (χ3v) is 2.45. The van der Waals surface area contributed by atoms with Crippen LogP contribution in [-0.2, 0) is 6.54 Å². The number of hydrogen-bond donors (Lipinski definition) is 2. The van der Waals surface area contributed by atoms with Gasteiger partial charge in [0.1, 0.15) is 0 Å². The number of aromatic nitrogens is 3. The van der Waals surface area contributed by atoms with Gasteiger partial charge < -0.3 is 10.4 Å². The van der Waals surface area contributed by atoms with E-state index in [2.05, 4.69) is 20.3 Å². The molecule has 0 radical (unpaired) electrons. The Kier molecular flexibility index (Phi) is 3.47. The molecule has 0 aliphatic heterocycles. The number of rotatable bonds is 4. The monoisotopic (exact) mass is 244 g/mol. The van der Waals surface area contributed by atoms with Gasteiger partial charge in [-0.3, -0.25) is 4.98 Å². The van der Waals surface area contributed by atoms with Gasteiger partial charge in [0.2, 0.25) is 5.95 Å². The van der Waals surface area contributed by atoms with E-state index in [1.165, 1.54) is 12.3 Å². The third kappa shape index (κ3) is 2.79. The number of carbonyl (C=O) groups is 1. The van der Waals surface area contributed by atoms with Gasteiger partial charge in [-0.15, -0.1) is 0 Å². The molecule has 0 atom stereocenters. The molecule has 0 unspecified atom stereocenters. The zero-order chi connectivity index (χ0) is 13.0. The van der Waals surface area contributed by atoms with Crippen molar-refractivity contribution in [2.24, 2.45) is 0 Å². The van der Waals surface area contributed by atoms with E-state index in [1.807, 2.05) is 13.0 Å². The highest BCUT2D eigenvalue weighted by atomic mass is 16.4. The molecule has 0 amide bonds. The molecule has 6 nitrogen and oxygen atoms in total. The SMILES string of the molecule is Cc1cnccc1CNc1nccc(C(=O)O)n1. The first-order valence-electron chi connectivity index (χ1n) is 5.36. The molecule has 0 aromatic carbocycles. The first kappa shape index (κ1) is 12.0. The van der Waals surface area contributed by atoms with Crippen molar-refractivity contribution in [3.05, 3.63) is 47.5 Å². The second-order valence-electron chi connectivity index (χ2n) is 3.73. The number of carboxylic acids is 1. The molecule has 0 saturated carbocycles. The minimum Gasteiger partial charge on any atom is -0.477 e. The van der Waals surface area contributed by atoms with E-state index in [4.69, 9.17) is 5.11 Å². The summed E-state index contributed by atoms with van der Waals surface area (Å²) in [5, 5.41) is 11.8. The van der Waals surface area contributed by atoms with E-state index >= 15 is 0 Å². The molecule has 6 heteroatoms. The molecule has 92 valence electrons. The summed E-state index contributed by atoms with van der Waals surface area (Å²) in [5.41, 5.74) is 2.09. The summed E-state index contributed by atoms with van der Waals surface area (Å²) >= 11 is 0. The molecule has 0 aliphatic rings. The highest BCUT2D eigenvalue weighted by molar-refractivity contribution is 5.85. The molecule has 0 saturated heterocycles. The maximum atomic E-state index is 10.8. The second-order valence-corrected chi connectivity index (χ2v) is 3.73. The Morgan fingerprint density at radius 3 is 2.94 bits per heavy atom. The Labute approximate surface area is 104 Å². The van der Waals surface area contributed by atoms with Crippen LogP contribution in [-0.4, -0.2) is 26.0 Å². The van der Waals surface area contributed by atoms with Gasteiger partial charge in [-0.05, 0) is 30.2 Å². The van der Waals surface area contributed by atoms with Gasteiger partial charge in [0.25, 0.3) is 0 Å². The van der Waals surface area contributed by atoms with E-state index in [9.17, 15) is 4.79 Å². The molecule has 2 aromatic rings. The fourth-order valence-corrected chi connectivity index (χ4v) is 1.44. The minimum atomic E-state index is -1.07. The first-order chi connectivity index (χ1) is 8.66. The normalized spacial score (nSPS) is 10.1. The van der Waals surface area contributed by atoms with Crippen molar-refractivity contribution in [3.8, 4) is 0 Å². The number of pyridine rings is 1. The zero-order valence-corrected chi connectivity index (χ0v) is 9.79. The van der Waals surface area contributed by atoms with Crippen molar-refractivity contribution in [1.82, 2.24) is 15.0 Å². The van der Waals surface area contributed by atoms with Crippen LogP contribution >= 0.6 is 0 Å². The lowest BCUT2D eigenvalue weighted by atomic mass is 10.1. The number of aryl methyl sites for hydroxylation is 1. The average molecular weight is 244 g/mol. The molecule has 2 N–H and O–H groups in total. The lowest BCUT2D eigenvalue weighted by Crippen LogP contribution is -2.08. The fourth-order valence-electron chi connectivity index (χ4n) is 1.44. The fraction of sp³-hybridized carbons (Fsp3) is 0.167. The molecule has 18 heavy (non-hydrogen) atoms. The molecule has 0 spiro atoms. The van der Waals surface area contributed by atoms with Crippen LogP contribution in [0.2, 0.25) is 0 Å². The van der Waals surface area contributed by atoms with Gasteiger partial charge in [-0.2, -0.15) is 0 Å². The Hall–Kier alpha value is -2.50. The Bertz CT molecular complexity index is 572. The second kappa shape index (κ2) is 5.22. The largest absolute Gasteiger partial charge is 0.477 e. The van der Waals surface area contributed by atoms with E-state index in [-0.39, 0.29) is 5.69 Å². The van der Waals surface area contributed by atoms with Gasteiger partial charge >= 0.3 is 5.97 Å². The van der Waals surface area contributed by atoms with E-state index in [0.717, 1.165) is 11.1 Å². The Morgan fingerprint density at radius 1 is 1.39 bits per heavy atom. The topological polar surface area (TPSA) is 88.0 Å². The van der Waals surface area contributed by atoms with Crippen molar-refractivity contribution >= 4 is 11.9 Å². The van der Waals surface area contributed by atoms with Gasteiger partial charge in [-0.1, -0.05) is 0 Å². The van der Waals surface area contributed by atoms with Crippen molar-refractivity contribution in [1.29, 1.82) is 0 Å². The van der Waals surface area contributed by atoms with E-state index < -0.39 is 5.97 Å². The minimum absolute atomic E-state index is 0.0287. The summed E-state index contributed by atoms with van der Waals surface area (Å²) in [4.78, 5) is 22.6. The quantitative estimate of drug-likeness (QED) is 0.847. The van der Waals surface area contributed by atoms with Crippen molar-refractivity contribution in [2.45, 2.75) is 13.5 Å². The van der Waals surface area contributed by atoms with E-state index in [1.54, 1.807) is 12.4 Å². The molecule has 2 rings (SSSR count). The van der Waals surface area contributed by atoms with Crippen LogP contribution in [0, 0.1) is 6.92 Å². The molecule has 2 aromatic heterocycles. The van der Waals surface area contributed by atoms with E-state index in [0.29, 0.717) is 12.5 Å². The van der Waals surface area contributed by atoms with Crippen LogP contribution in [0.25, 0.3) is 0 Å². The Morgan fingerprint density at radius 2 is 2.22 bits per heavy atom.